The Bertz CT molecular complexity index is 1550. The van der Waals surface area contributed by atoms with Crippen LogP contribution in [0.5, 0.6) is 17.2 Å². The highest BCUT2D eigenvalue weighted by molar-refractivity contribution is 7.92. The van der Waals surface area contributed by atoms with Gasteiger partial charge in [-0.3, -0.25) is 13.9 Å². The lowest BCUT2D eigenvalue weighted by molar-refractivity contribution is -0.139. The van der Waals surface area contributed by atoms with Crippen LogP contribution in [0, 0.1) is 6.92 Å². The van der Waals surface area contributed by atoms with Gasteiger partial charge < -0.3 is 24.4 Å². The number of carbonyl (C=O) groups is 2. The summed E-state index contributed by atoms with van der Waals surface area (Å²) in [5.74, 6) is -0.233. The highest BCUT2D eigenvalue weighted by Crippen LogP contribution is 2.37. The number of ether oxygens (including phenoxy) is 3. The summed E-state index contributed by atoms with van der Waals surface area (Å²) in [7, 11) is -0.195. The number of carbonyl (C=O) groups excluding carboxylic acids is 2. The minimum Gasteiger partial charge on any atom is -0.495 e. The van der Waals surface area contributed by atoms with Gasteiger partial charge in [-0.25, -0.2) is 8.42 Å². The normalized spacial score (nSPS) is 11.8. The molecule has 1 atom stereocenters. The smallest absolute Gasteiger partial charge is 0.265 e. The van der Waals surface area contributed by atoms with E-state index in [1.165, 1.54) is 56.6 Å². The fraction of sp³-hybridized carbons (Fsp3) is 0.375. The van der Waals surface area contributed by atoms with Crippen LogP contribution in [0.15, 0.2) is 65.6 Å². The van der Waals surface area contributed by atoms with Crippen molar-refractivity contribution in [1.82, 2.24) is 10.2 Å². The molecule has 0 saturated heterocycles. The van der Waals surface area contributed by atoms with Gasteiger partial charge in [-0.05, 0) is 56.2 Å². The summed E-state index contributed by atoms with van der Waals surface area (Å²) in [4.78, 5) is 28.6. The number of aryl methyl sites for hydroxylation is 1. The number of amides is 2. The number of nitrogens with zero attached hydrogens (tertiary/aromatic N) is 2. The van der Waals surface area contributed by atoms with Gasteiger partial charge in [-0.2, -0.15) is 0 Å². The molecule has 0 heterocycles. The zero-order valence-corrected chi connectivity index (χ0v) is 27.5. The number of sulfonamides is 1. The topological polar surface area (TPSA) is 114 Å². The van der Waals surface area contributed by atoms with E-state index in [9.17, 15) is 18.0 Å². The maximum atomic E-state index is 14.3. The number of methoxy groups -OCH3 is 3. The summed E-state index contributed by atoms with van der Waals surface area (Å²) >= 11 is 6.31. The molecule has 0 aromatic heterocycles. The molecule has 0 bridgehead atoms. The van der Waals surface area contributed by atoms with E-state index >= 15 is 0 Å². The maximum absolute atomic E-state index is 14.3. The van der Waals surface area contributed by atoms with Crippen molar-refractivity contribution < 1.29 is 32.2 Å². The van der Waals surface area contributed by atoms with Crippen molar-refractivity contribution in [3.05, 3.63) is 76.8 Å². The first-order valence-corrected chi connectivity index (χ1v) is 16.0. The van der Waals surface area contributed by atoms with Gasteiger partial charge in [0.1, 0.15) is 18.3 Å². The van der Waals surface area contributed by atoms with E-state index in [1.807, 2.05) is 38.1 Å². The second-order valence-corrected chi connectivity index (χ2v) is 12.5. The third-order valence-corrected chi connectivity index (χ3v) is 9.09. The Morgan fingerprint density at radius 2 is 1.55 bits per heavy atom. The minimum absolute atomic E-state index is 0.0541. The first kappa shape index (κ1) is 34.5. The molecule has 3 rings (SSSR count). The highest BCUT2D eigenvalue weighted by atomic mass is 35.5. The van der Waals surface area contributed by atoms with E-state index in [0.29, 0.717) is 12.3 Å². The Hall–Kier alpha value is -3.96. The van der Waals surface area contributed by atoms with Crippen LogP contribution in [0.2, 0.25) is 5.02 Å². The van der Waals surface area contributed by atoms with Gasteiger partial charge in [0.05, 0.1) is 31.9 Å². The first-order valence-electron chi connectivity index (χ1n) is 14.2. The zero-order chi connectivity index (χ0) is 32.4. The second-order valence-electron chi connectivity index (χ2n) is 10.2. The van der Waals surface area contributed by atoms with Crippen molar-refractivity contribution in [3.63, 3.8) is 0 Å². The molecule has 0 fully saturated rings. The molecule has 0 spiro atoms. The van der Waals surface area contributed by atoms with Crippen LogP contribution in [0.4, 0.5) is 5.69 Å². The lowest BCUT2D eigenvalue weighted by atomic mass is 10.1. The molecule has 0 saturated carbocycles. The number of rotatable bonds is 15. The number of hydrogen-bond donors (Lipinski definition) is 1. The minimum atomic E-state index is -4.42. The lowest BCUT2D eigenvalue weighted by Gasteiger charge is -2.32. The summed E-state index contributed by atoms with van der Waals surface area (Å²) in [5, 5.41) is 3.11. The van der Waals surface area contributed by atoms with Crippen LogP contribution in [-0.4, -0.2) is 65.6 Å². The Labute approximate surface area is 264 Å². The molecule has 0 aliphatic heterocycles. The van der Waals surface area contributed by atoms with Crippen molar-refractivity contribution >= 4 is 39.1 Å². The van der Waals surface area contributed by atoms with Gasteiger partial charge in [0.15, 0.2) is 11.5 Å². The number of anilines is 1. The molecule has 0 aliphatic carbocycles. The summed E-state index contributed by atoms with van der Waals surface area (Å²) in [6, 6.07) is 15.3. The zero-order valence-electron chi connectivity index (χ0n) is 25.9. The molecule has 3 aromatic rings. The van der Waals surface area contributed by atoms with Crippen molar-refractivity contribution in [2.24, 2.45) is 0 Å². The molecule has 10 nitrogen and oxygen atoms in total. The van der Waals surface area contributed by atoms with E-state index in [4.69, 9.17) is 25.8 Å². The molecule has 0 aliphatic rings. The molecule has 3 aromatic carbocycles. The third kappa shape index (κ3) is 8.35. The lowest BCUT2D eigenvalue weighted by Crippen LogP contribution is -2.51. The monoisotopic (exact) mass is 645 g/mol. The van der Waals surface area contributed by atoms with Gasteiger partial charge in [0.2, 0.25) is 11.8 Å². The molecular weight excluding hydrogens is 606 g/mol. The summed E-state index contributed by atoms with van der Waals surface area (Å²) in [6.07, 6.45) is 1.68. The van der Waals surface area contributed by atoms with Gasteiger partial charge in [0.25, 0.3) is 10.0 Å². The van der Waals surface area contributed by atoms with E-state index in [2.05, 4.69) is 5.32 Å². The summed E-state index contributed by atoms with van der Waals surface area (Å²) in [5.41, 5.74) is 1.88. The number of benzene rings is 3. The second kappa shape index (κ2) is 15.7. The Morgan fingerprint density at radius 3 is 2.16 bits per heavy atom. The molecule has 2 amide bonds. The van der Waals surface area contributed by atoms with Crippen LogP contribution in [0.3, 0.4) is 0 Å². The highest BCUT2D eigenvalue weighted by Gasteiger charge is 2.34. The number of hydrogen-bond acceptors (Lipinski definition) is 7. The Kier molecular flexibility index (Phi) is 12.3. The predicted octanol–water partition coefficient (Wildman–Crippen LogP) is 5.20. The van der Waals surface area contributed by atoms with Gasteiger partial charge in [-0.15, -0.1) is 0 Å². The van der Waals surface area contributed by atoms with Gasteiger partial charge in [-0.1, -0.05) is 54.8 Å². The number of halogens is 1. The van der Waals surface area contributed by atoms with E-state index < -0.39 is 28.5 Å². The van der Waals surface area contributed by atoms with Crippen molar-refractivity contribution in [2.45, 2.75) is 51.1 Å². The van der Waals surface area contributed by atoms with E-state index in [-0.39, 0.29) is 39.6 Å². The summed E-state index contributed by atoms with van der Waals surface area (Å²) in [6.45, 7) is 5.49. The van der Waals surface area contributed by atoms with E-state index in [1.54, 1.807) is 13.0 Å². The fourth-order valence-electron chi connectivity index (χ4n) is 4.48. The largest absolute Gasteiger partial charge is 0.495 e. The average Bonchev–Trinajstić information content (AvgIpc) is 3.02. The van der Waals surface area contributed by atoms with E-state index in [0.717, 1.165) is 28.3 Å². The molecule has 0 radical (unpaired) electrons. The molecule has 238 valence electrons. The van der Waals surface area contributed by atoms with Gasteiger partial charge >= 0.3 is 0 Å². The maximum Gasteiger partial charge on any atom is 0.265 e. The molecular formula is C32H40ClN3O7S. The SMILES string of the molecule is CCCCNC(=O)[C@H](C)N(Cc1ccc(C)cc1)C(=O)CN(c1cc(Cl)ccc1OC)S(=O)(=O)c1ccc(OC)c(OC)c1. The molecule has 1 N–H and O–H groups in total. The first-order chi connectivity index (χ1) is 21.0. The van der Waals surface area contributed by atoms with Gasteiger partial charge in [0, 0.05) is 24.2 Å². The molecule has 0 unspecified atom stereocenters. The standard InChI is InChI=1S/C32H40ClN3O7S/c1-7-8-17-34-32(38)23(3)35(20-24-11-9-22(2)10-12-24)31(37)21-36(27-18-25(33)13-15-28(27)41-4)44(39,40)26-14-16-29(42-5)30(19-26)43-6/h9-16,18-19,23H,7-8,17,20-21H2,1-6H3,(H,34,38)/t23-/m0/s1. The van der Waals surface area contributed by atoms with Crippen LogP contribution in [-0.2, 0) is 26.2 Å². The number of unbranched alkanes of at least 4 members (excludes halogenated alkanes) is 1. The molecule has 44 heavy (non-hydrogen) atoms. The van der Waals surface area contributed by atoms with Crippen LogP contribution in [0.25, 0.3) is 0 Å². The van der Waals surface area contributed by atoms with Crippen molar-refractivity contribution in [2.75, 3.05) is 38.7 Å². The Balaban J connectivity index is 2.11. The van der Waals surface area contributed by atoms with Crippen molar-refractivity contribution in [1.29, 1.82) is 0 Å². The molecule has 12 heteroatoms. The fourth-order valence-corrected chi connectivity index (χ4v) is 6.08. The third-order valence-electron chi connectivity index (χ3n) is 7.10. The van der Waals surface area contributed by atoms with Crippen LogP contribution < -0.4 is 23.8 Å². The van der Waals surface area contributed by atoms with Crippen LogP contribution in [0.1, 0.15) is 37.8 Å². The quantitative estimate of drug-likeness (QED) is 0.226. The Morgan fingerprint density at radius 1 is 0.909 bits per heavy atom. The average molecular weight is 646 g/mol. The van der Waals surface area contributed by atoms with Crippen molar-refractivity contribution in [3.8, 4) is 17.2 Å². The predicted molar refractivity (Wildman–Crippen MR) is 171 cm³/mol. The summed E-state index contributed by atoms with van der Waals surface area (Å²) < 4.78 is 45.6. The van der Waals surface area contributed by atoms with Crippen LogP contribution >= 0.6 is 11.6 Å². The number of nitrogens with one attached hydrogen (secondary N) is 1.